The molecule has 0 heterocycles. The molecule has 0 amide bonds. The highest BCUT2D eigenvalue weighted by atomic mass is 35.5. The molecule has 0 spiro atoms. The van der Waals surface area contributed by atoms with E-state index in [4.69, 9.17) is 11.6 Å². The first-order valence-corrected chi connectivity index (χ1v) is 8.02. The fourth-order valence-corrected chi connectivity index (χ4v) is 3.12. The van der Waals surface area contributed by atoms with Crippen molar-refractivity contribution in [3.8, 4) is 0 Å². The van der Waals surface area contributed by atoms with Crippen molar-refractivity contribution in [3.63, 3.8) is 0 Å². The molecule has 4 nitrogen and oxygen atoms in total. The van der Waals surface area contributed by atoms with Crippen LogP contribution >= 0.6 is 11.6 Å². The van der Waals surface area contributed by atoms with E-state index in [1.807, 2.05) is 0 Å². The van der Waals surface area contributed by atoms with Crippen molar-refractivity contribution in [2.24, 2.45) is 5.92 Å². The molecule has 1 aliphatic rings. The minimum Gasteiger partial charge on any atom is -0.391 e. The van der Waals surface area contributed by atoms with Gasteiger partial charge in [-0.25, -0.2) is 13.1 Å². The summed E-state index contributed by atoms with van der Waals surface area (Å²) in [4.78, 5) is -0.540. The van der Waals surface area contributed by atoms with Crippen LogP contribution in [0.5, 0.6) is 0 Å². The van der Waals surface area contributed by atoms with E-state index < -0.39 is 37.8 Å². The number of benzene rings is 1. The molecule has 0 radical (unpaired) electrons. The lowest BCUT2D eigenvalue weighted by atomic mass is 10.2. The zero-order chi connectivity index (χ0) is 15.8. The second-order valence-electron chi connectivity index (χ2n) is 4.90. The van der Waals surface area contributed by atoms with E-state index in [1.165, 1.54) is 0 Å². The van der Waals surface area contributed by atoms with Crippen molar-refractivity contribution in [2.45, 2.75) is 30.0 Å². The van der Waals surface area contributed by atoms with Gasteiger partial charge in [-0.3, -0.25) is 0 Å². The molecule has 0 saturated heterocycles. The van der Waals surface area contributed by atoms with Crippen LogP contribution in [-0.4, -0.2) is 26.2 Å². The number of sulfonamides is 1. The molecule has 0 aromatic heterocycles. The third-order valence-electron chi connectivity index (χ3n) is 3.20. The Kier molecular flexibility index (Phi) is 4.53. The normalized spacial score (nSPS) is 17.8. The fraction of sp³-hybridized carbons (Fsp3) is 0.500. The molecule has 118 valence electrons. The quantitative estimate of drug-likeness (QED) is 0.862. The molecule has 1 fully saturated rings. The topological polar surface area (TPSA) is 66.4 Å². The van der Waals surface area contributed by atoms with Crippen LogP contribution in [0.15, 0.2) is 23.1 Å². The van der Waals surface area contributed by atoms with Crippen LogP contribution in [0.2, 0.25) is 5.02 Å². The number of aliphatic hydroxyl groups excluding tert-OH is 1. The van der Waals surface area contributed by atoms with Crippen molar-refractivity contribution >= 4 is 21.6 Å². The zero-order valence-electron chi connectivity index (χ0n) is 10.7. The van der Waals surface area contributed by atoms with E-state index in [2.05, 4.69) is 4.72 Å². The number of nitrogens with one attached hydrogen (secondary N) is 1. The Balaban J connectivity index is 2.19. The van der Waals surface area contributed by atoms with Gasteiger partial charge in [0.1, 0.15) is 0 Å². The van der Waals surface area contributed by atoms with Gasteiger partial charge in [-0.05, 0) is 37.0 Å². The van der Waals surface area contributed by atoms with Gasteiger partial charge in [-0.1, -0.05) is 11.6 Å². The van der Waals surface area contributed by atoms with E-state index in [0.29, 0.717) is 6.07 Å². The molecule has 1 aromatic carbocycles. The summed E-state index contributed by atoms with van der Waals surface area (Å²) in [5.41, 5.74) is -1.21. The molecule has 1 unspecified atom stereocenters. The van der Waals surface area contributed by atoms with Crippen molar-refractivity contribution in [2.75, 3.05) is 6.54 Å². The van der Waals surface area contributed by atoms with E-state index in [9.17, 15) is 26.7 Å². The third kappa shape index (κ3) is 4.09. The van der Waals surface area contributed by atoms with Crippen LogP contribution in [0.3, 0.4) is 0 Å². The van der Waals surface area contributed by atoms with E-state index >= 15 is 0 Å². The maximum atomic E-state index is 12.7. The molecule has 9 heteroatoms. The summed E-state index contributed by atoms with van der Waals surface area (Å²) in [6, 6.07) is 2.36. The van der Waals surface area contributed by atoms with E-state index in [0.717, 1.165) is 25.0 Å². The van der Waals surface area contributed by atoms with Gasteiger partial charge in [-0.2, -0.15) is 13.2 Å². The van der Waals surface area contributed by atoms with Crippen molar-refractivity contribution < 1.29 is 26.7 Å². The van der Waals surface area contributed by atoms with Gasteiger partial charge in [0.2, 0.25) is 10.0 Å². The van der Waals surface area contributed by atoms with Gasteiger partial charge < -0.3 is 5.11 Å². The summed E-state index contributed by atoms with van der Waals surface area (Å²) in [6.45, 7) is -0.225. The number of alkyl halides is 3. The predicted molar refractivity (Wildman–Crippen MR) is 70.4 cm³/mol. The summed E-state index contributed by atoms with van der Waals surface area (Å²) in [7, 11) is -4.13. The Morgan fingerprint density at radius 1 is 1.38 bits per heavy atom. The molecule has 1 atom stereocenters. The van der Waals surface area contributed by atoms with Gasteiger partial charge in [-0.15, -0.1) is 0 Å². The first kappa shape index (κ1) is 16.5. The van der Waals surface area contributed by atoms with Crippen LogP contribution in [-0.2, 0) is 16.2 Å². The highest BCUT2D eigenvalue weighted by Crippen LogP contribution is 2.36. The third-order valence-corrected chi connectivity index (χ3v) is 4.95. The Morgan fingerprint density at radius 3 is 2.52 bits per heavy atom. The number of hydrogen-bond donors (Lipinski definition) is 2. The molecule has 1 aliphatic carbocycles. The Hall–Kier alpha value is -0.830. The predicted octanol–water partition coefficient (Wildman–Crippen LogP) is 2.41. The second-order valence-corrected chi connectivity index (χ2v) is 7.07. The standard InChI is InChI=1S/C12H13ClF3NO3S/c13-10-4-3-8(5-9(10)12(14,15)16)21(19,20)17-6-11(18)7-1-2-7/h3-5,7,11,17-18H,1-2,6H2. The van der Waals surface area contributed by atoms with Gasteiger partial charge in [0.05, 0.1) is 21.6 Å². The lowest BCUT2D eigenvalue weighted by Gasteiger charge is -2.13. The van der Waals surface area contributed by atoms with Crippen LogP contribution in [0, 0.1) is 5.92 Å². The molecular formula is C12H13ClF3NO3S. The van der Waals surface area contributed by atoms with Crippen LogP contribution < -0.4 is 4.72 Å². The van der Waals surface area contributed by atoms with Gasteiger partial charge in [0.25, 0.3) is 0 Å². The van der Waals surface area contributed by atoms with Crippen LogP contribution in [0.1, 0.15) is 18.4 Å². The maximum Gasteiger partial charge on any atom is 0.417 e. The average Bonchev–Trinajstić information content (AvgIpc) is 3.19. The molecule has 2 rings (SSSR count). The average molecular weight is 344 g/mol. The molecule has 0 aliphatic heterocycles. The number of aliphatic hydroxyl groups is 1. The Labute approximate surface area is 125 Å². The number of rotatable bonds is 5. The highest BCUT2D eigenvalue weighted by Gasteiger charge is 2.35. The summed E-state index contributed by atoms with van der Waals surface area (Å²) in [5, 5.41) is 9.03. The van der Waals surface area contributed by atoms with Gasteiger partial charge in [0.15, 0.2) is 0 Å². The lowest BCUT2D eigenvalue weighted by Crippen LogP contribution is -2.33. The minimum atomic E-state index is -4.74. The number of halogens is 4. The molecule has 2 N–H and O–H groups in total. The first-order chi connectivity index (χ1) is 9.61. The molecular weight excluding hydrogens is 331 g/mol. The van der Waals surface area contributed by atoms with Crippen LogP contribution in [0.4, 0.5) is 13.2 Å². The maximum absolute atomic E-state index is 12.7. The number of hydrogen-bond acceptors (Lipinski definition) is 3. The van der Waals surface area contributed by atoms with Gasteiger partial charge in [0, 0.05) is 6.54 Å². The minimum absolute atomic E-state index is 0.0589. The molecule has 1 aromatic rings. The SMILES string of the molecule is O=S(=O)(NCC(O)C1CC1)c1ccc(Cl)c(C(F)(F)F)c1. The van der Waals surface area contributed by atoms with Crippen molar-refractivity contribution in [3.05, 3.63) is 28.8 Å². The Bertz CT molecular complexity index is 629. The summed E-state index contributed by atoms with van der Waals surface area (Å²) < 4.78 is 64.1. The van der Waals surface area contributed by atoms with Crippen molar-refractivity contribution in [1.29, 1.82) is 0 Å². The van der Waals surface area contributed by atoms with Gasteiger partial charge >= 0.3 is 6.18 Å². The summed E-state index contributed by atoms with van der Waals surface area (Å²) >= 11 is 5.43. The second kappa shape index (κ2) is 5.75. The first-order valence-electron chi connectivity index (χ1n) is 6.16. The molecule has 21 heavy (non-hydrogen) atoms. The van der Waals surface area contributed by atoms with Crippen LogP contribution in [0.25, 0.3) is 0 Å². The zero-order valence-corrected chi connectivity index (χ0v) is 12.3. The fourth-order valence-electron chi connectivity index (χ4n) is 1.81. The van der Waals surface area contributed by atoms with E-state index in [-0.39, 0.29) is 12.5 Å². The highest BCUT2D eigenvalue weighted by molar-refractivity contribution is 7.89. The monoisotopic (exact) mass is 343 g/mol. The Morgan fingerprint density at radius 2 is 2.00 bits per heavy atom. The van der Waals surface area contributed by atoms with Crippen molar-refractivity contribution in [1.82, 2.24) is 4.72 Å². The smallest absolute Gasteiger partial charge is 0.391 e. The largest absolute Gasteiger partial charge is 0.417 e. The van der Waals surface area contributed by atoms with E-state index in [1.54, 1.807) is 0 Å². The molecule has 1 saturated carbocycles. The summed E-state index contributed by atoms with van der Waals surface area (Å²) in [6.07, 6.45) is -3.92. The summed E-state index contributed by atoms with van der Waals surface area (Å²) in [5.74, 6) is 0.0589. The lowest BCUT2D eigenvalue weighted by molar-refractivity contribution is -0.137. The molecule has 0 bridgehead atoms.